The van der Waals surface area contributed by atoms with E-state index in [-0.39, 0.29) is 23.3 Å². The van der Waals surface area contributed by atoms with Crippen LogP contribution in [0.2, 0.25) is 0 Å². The second kappa shape index (κ2) is 14.7. The van der Waals surface area contributed by atoms with Crippen LogP contribution >= 0.6 is 0 Å². The van der Waals surface area contributed by atoms with Crippen LogP contribution in [0.15, 0.2) is 83.8 Å². The van der Waals surface area contributed by atoms with Crippen LogP contribution in [-0.4, -0.2) is 50.9 Å². The molecular formula is C32H41N3O5S. The molecule has 2 amide bonds. The monoisotopic (exact) mass is 579 g/mol. The Morgan fingerprint density at radius 3 is 2.12 bits per heavy atom. The molecule has 1 atom stereocenters. The molecule has 0 saturated carbocycles. The average Bonchev–Trinajstić information content (AvgIpc) is 2.96. The van der Waals surface area contributed by atoms with Crippen molar-refractivity contribution < 1.29 is 22.7 Å². The number of hydrogen-bond donors (Lipinski definition) is 1. The number of carbonyl (C=O) groups is 2. The first-order valence-corrected chi connectivity index (χ1v) is 15.4. The van der Waals surface area contributed by atoms with Gasteiger partial charge >= 0.3 is 0 Å². The molecule has 3 rings (SSSR count). The molecule has 0 spiro atoms. The lowest BCUT2D eigenvalue weighted by Crippen LogP contribution is -2.52. The van der Waals surface area contributed by atoms with Crippen molar-refractivity contribution in [3.05, 3.63) is 90.0 Å². The first-order valence-electron chi connectivity index (χ1n) is 14.0. The number of rotatable bonds is 14. The largest absolute Gasteiger partial charge is 0.494 e. The molecule has 0 bridgehead atoms. The van der Waals surface area contributed by atoms with Crippen LogP contribution in [0, 0.1) is 12.8 Å². The maximum atomic E-state index is 14.1. The maximum Gasteiger partial charge on any atom is 0.264 e. The van der Waals surface area contributed by atoms with Gasteiger partial charge in [0.2, 0.25) is 11.8 Å². The highest BCUT2D eigenvalue weighted by molar-refractivity contribution is 7.92. The number of nitrogens with one attached hydrogen (secondary N) is 1. The second-order valence-corrected chi connectivity index (χ2v) is 12.1. The standard InChI is InChI=1S/C32H41N3O5S/c1-6-30(32(37)33-21-24(3)4)34(22-26-14-12-11-13-25(26)5)31(36)23-35(27-17-19-28(20-18-27)40-7-2)41(38,39)29-15-9-8-10-16-29/h8-20,24,30H,6-7,21-23H2,1-5H3,(H,33,37)/t30-/m0/s1. The van der Waals surface area contributed by atoms with Crippen molar-refractivity contribution in [3.8, 4) is 5.75 Å². The summed E-state index contributed by atoms with van der Waals surface area (Å²) in [5.41, 5.74) is 2.18. The highest BCUT2D eigenvalue weighted by Gasteiger charge is 2.33. The fraction of sp³-hybridized carbons (Fsp3) is 0.375. The van der Waals surface area contributed by atoms with E-state index in [0.29, 0.717) is 31.0 Å². The molecule has 3 aromatic carbocycles. The fourth-order valence-electron chi connectivity index (χ4n) is 4.44. The lowest BCUT2D eigenvalue weighted by atomic mass is 10.1. The molecule has 1 N–H and O–H groups in total. The van der Waals surface area contributed by atoms with E-state index in [1.165, 1.54) is 17.0 Å². The summed E-state index contributed by atoms with van der Waals surface area (Å²) in [6.45, 7) is 10.3. The molecule has 8 nitrogen and oxygen atoms in total. The molecule has 0 unspecified atom stereocenters. The molecule has 0 aliphatic carbocycles. The van der Waals surface area contributed by atoms with Crippen LogP contribution in [0.1, 0.15) is 45.2 Å². The number of ether oxygens (including phenoxy) is 1. The molecule has 41 heavy (non-hydrogen) atoms. The van der Waals surface area contributed by atoms with Gasteiger partial charge in [-0.15, -0.1) is 0 Å². The van der Waals surface area contributed by atoms with E-state index in [4.69, 9.17) is 4.74 Å². The molecule has 3 aromatic rings. The molecule has 0 radical (unpaired) electrons. The first kappa shape index (κ1) is 31.7. The number of amides is 2. The van der Waals surface area contributed by atoms with Crippen LogP contribution < -0.4 is 14.4 Å². The third-order valence-corrected chi connectivity index (χ3v) is 8.51. The summed E-state index contributed by atoms with van der Waals surface area (Å²) in [5.74, 6) is 0.0895. The van der Waals surface area contributed by atoms with Crippen molar-refractivity contribution in [1.29, 1.82) is 0 Å². The van der Waals surface area contributed by atoms with Crippen LogP contribution in [-0.2, 0) is 26.2 Å². The Hall–Kier alpha value is -3.85. The highest BCUT2D eigenvalue weighted by atomic mass is 32.2. The Labute approximate surface area is 244 Å². The Balaban J connectivity index is 2.04. The minimum atomic E-state index is -4.12. The van der Waals surface area contributed by atoms with E-state index < -0.39 is 28.5 Å². The van der Waals surface area contributed by atoms with Gasteiger partial charge in [0.1, 0.15) is 18.3 Å². The quantitative estimate of drug-likeness (QED) is 0.284. The van der Waals surface area contributed by atoms with Crippen LogP contribution in [0.4, 0.5) is 5.69 Å². The number of sulfonamides is 1. The summed E-state index contributed by atoms with van der Waals surface area (Å²) in [4.78, 5) is 29.0. The van der Waals surface area contributed by atoms with E-state index in [1.807, 2.05) is 58.9 Å². The summed E-state index contributed by atoms with van der Waals surface area (Å²) < 4.78 is 34.5. The molecule has 220 valence electrons. The zero-order valence-corrected chi connectivity index (χ0v) is 25.4. The zero-order chi connectivity index (χ0) is 30.0. The van der Waals surface area contributed by atoms with Crippen LogP contribution in [0.25, 0.3) is 0 Å². The average molecular weight is 580 g/mol. The van der Waals surface area contributed by atoms with Gasteiger partial charge in [0.15, 0.2) is 0 Å². The van der Waals surface area contributed by atoms with E-state index in [0.717, 1.165) is 15.4 Å². The Morgan fingerprint density at radius 1 is 0.902 bits per heavy atom. The summed E-state index contributed by atoms with van der Waals surface area (Å²) in [6.07, 6.45) is 0.371. The van der Waals surface area contributed by atoms with Crippen molar-refractivity contribution >= 4 is 27.5 Å². The zero-order valence-electron chi connectivity index (χ0n) is 24.5. The third-order valence-electron chi connectivity index (χ3n) is 6.72. The number of nitrogens with zero attached hydrogens (tertiary/aromatic N) is 2. The number of aryl methyl sites for hydroxylation is 1. The fourth-order valence-corrected chi connectivity index (χ4v) is 5.87. The molecule has 0 aromatic heterocycles. The van der Waals surface area contributed by atoms with Gasteiger partial charge in [0.05, 0.1) is 17.2 Å². The number of carbonyl (C=O) groups excluding carboxylic acids is 2. The lowest BCUT2D eigenvalue weighted by Gasteiger charge is -2.33. The first-order chi connectivity index (χ1) is 19.6. The van der Waals surface area contributed by atoms with Crippen LogP contribution in [0.3, 0.4) is 0 Å². The molecule has 0 aliphatic rings. The van der Waals surface area contributed by atoms with Gasteiger partial charge in [-0.2, -0.15) is 0 Å². The number of hydrogen-bond acceptors (Lipinski definition) is 5. The summed E-state index contributed by atoms with van der Waals surface area (Å²) in [6, 6.07) is 21.5. The van der Waals surface area contributed by atoms with Gasteiger partial charge in [-0.1, -0.05) is 63.2 Å². The van der Waals surface area contributed by atoms with Gasteiger partial charge in [0, 0.05) is 13.1 Å². The summed E-state index contributed by atoms with van der Waals surface area (Å²) >= 11 is 0. The molecule has 0 aliphatic heterocycles. The van der Waals surface area contributed by atoms with Gasteiger partial charge in [-0.05, 0) is 73.7 Å². The maximum absolute atomic E-state index is 14.1. The Morgan fingerprint density at radius 2 is 1.54 bits per heavy atom. The predicted octanol–water partition coefficient (Wildman–Crippen LogP) is 5.17. The van der Waals surface area contributed by atoms with Crippen LogP contribution in [0.5, 0.6) is 5.75 Å². The van der Waals surface area contributed by atoms with Gasteiger partial charge in [-0.25, -0.2) is 8.42 Å². The van der Waals surface area contributed by atoms with E-state index in [2.05, 4.69) is 5.32 Å². The van der Waals surface area contributed by atoms with E-state index >= 15 is 0 Å². The van der Waals surface area contributed by atoms with Crippen molar-refractivity contribution in [1.82, 2.24) is 10.2 Å². The molecule has 0 heterocycles. The topological polar surface area (TPSA) is 96.0 Å². The third kappa shape index (κ3) is 8.33. The van der Waals surface area contributed by atoms with Gasteiger partial charge in [0.25, 0.3) is 10.0 Å². The Bertz CT molecular complexity index is 1390. The van der Waals surface area contributed by atoms with Crippen molar-refractivity contribution in [2.75, 3.05) is 24.0 Å². The van der Waals surface area contributed by atoms with Gasteiger partial charge in [-0.3, -0.25) is 13.9 Å². The smallest absolute Gasteiger partial charge is 0.264 e. The second-order valence-electron chi connectivity index (χ2n) is 10.3. The molecule has 0 fully saturated rings. The minimum absolute atomic E-state index is 0.0638. The normalized spacial score (nSPS) is 12.0. The molecule has 9 heteroatoms. The number of anilines is 1. The lowest BCUT2D eigenvalue weighted by molar-refractivity contribution is -0.140. The van der Waals surface area contributed by atoms with E-state index in [1.54, 1.807) is 42.5 Å². The predicted molar refractivity (Wildman–Crippen MR) is 162 cm³/mol. The molecule has 0 saturated heterocycles. The van der Waals surface area contributed by atoms with Gasteiger partial charge < -0.3 is 15.0 Å². The SMILES string of the molecule is CCOc1ccc(N(CC(=O)N(Cc2ccccc2C)[C@@H](CC)C(=O)NCC(C)C)S(=O)(=O)c2ccccc2)cc1. The molecular weight excluding hydrogens is 538 g/mol. The van der Waals surface area contributed by atoms with Crippen molar-refractivity contribution in [2.24, 2.45) is 5.92 Å². The minimum Gasteiger partial charge on any atom is -0.494 e. The summed E-state index contributed by atoms with van der Waals surface area (Å²) in [5, 5.41) is 2.95. The Kier molecular flexibility index (Phi) is 11.3. The number of benzene rings is 3. The van der Waals surface area contributed by atoms with Crippen molar-refractivity contribution in [3.63, 3.8) is 0 Å². The highest BCUT2D eigenvalue weighted by Crippen LogP contribution is 2.27. The van der Waals surface area contributed by atoms with E-state index in [9.17, 15) is 18.0 Å². The van der Waals surface area contributed by atoms with Crippen molar-refractivity contribution in [2.45, 2.75) is 58.5 Å². The summed E-state index contributed by atoms with van der Waals surface area (Å²) in [7, 11) is -4.12.